The summed E-state index contributed by atoms with van der Waals surface area (Å²) in [4.78, 5) is 15.9. The van der Waals surface area contributed by atoms with E-state index in [1.165, 1.54) is 56.2 Å². The number of carbonyl (C=O) groups is 1. The molecule has 0 aromatic carbocycles. The van der Waals surface area contributed by atoms with Crippen LogP contribution in [0.5, 0.6) is 0 Å². The van der Waals surface area contributed by atoms with Crippen LogP contribution in [0.15, 0.2) is 40.1 Å². The minimum absolute atomic E-state index is 0.423. The number of ketones is 1. The SMILES string of the molecule is CC1(C)CCC1.CCC/C=C(C)/C(=C\C=C(/C)C(C)(C)O)N=C(C)CCCC.CCCC(=O)CC1(C)CC1. The van der Waals surface area contributed by atoms with Gasteiger partial charge in [0.05, 0.1) is 11.3 Å². The zero-order valence-electron chi connectivity index (χ0n) is 27.2. The van der Waals surface area contributed by atoms with E-state index >= 15 is 0 Å². The van der Waals surface area contributed by atoms with Crippen LogP contribution in [0, 0.1) is 10.8 Å². The maximum Gasteiger partial charge on any atom is 0.133 e. The molecule has 0 aliphatic heterocycles. The van der Waals surface area contributed by atoms with Crippen molar-refractivity contribution >= 4 is 11.5 Å². The molecule has 0 aromatic heterocycles. The second-order valence-corrected chi connectivity index (χ2v) is 13.4. The highest BCUT2D eigenvalue weighted by Gasteiger charge is 2.38. The van der Waals surface area contributed by atoms with Crippen LogP contribution in [0.4, 0.5) is 0 Å². The van der Waals surface area contributed by atoms with Gasteiger partial charge in [-0.05, 0) is 114 Å². The lowest BCUT2D eigenvalue weighted by Crippen LogP contribution is -2.20. The predicted octanol–water partition coefficient (Wildman–Crippen LogP) is 10.7. The number of Topliss-reactive ketones (excluding diaryl/α,β-unsaturated/α-hetero) is 1. The number of unbranched alkanes of at least 4 members (excludes halogenated alkanes) is 2. The Balaban J connectivity index is 0.000000687. The van der Waals surface area contributed by atoms with Crippen molar-refractivity contribution in [3.05, 3.63) is 35.1 Å². The van der Waals surface area contributed by atoms with Crippen molar-refractivity contribution < 1.29 is 9.90 Å². The lowest BCUT2D eigenvalue weighted by molar-refractivity contribution is -0.120. The molecule has 2 aliphatic rings. The van der Waals surface area contributed by atoms with E-state index < -0.39 is 5.60 Å². The second kappa shape index (κ2) is 18.0. The molecule has 3 heteroatoms. The molecule has 2 aliphatic carbocycles. The molecule has 0 bridgehead atoms. The smallest absolute Gasteiger partial charge is 0.133 e. The Labute approximate surface area is 237 Å². The van der Waals surface area contributed by atoms with Gasteiger partial charge >= 0.3 is 0 Å². The lowest BCUT2D eigenvalue weighted by atomic mass is 9.72. The van der Waals surface area contributed by atoms with Gasteiger partial charge in [0.2, 0.25) is 0 Å². The van der Waals surface area contributed by atoms with Crippen LogP contribution in [0.1, 0.15) is 160 Å². The van der Waals surface area contributed by atoms with Gasteiger partial charge in [-0.15, -0.1) is 0 Å². The summed E-state index contributed by atoms with van der Waals surface area (Å²) >= 11 is 0. The van der Waals surface area contributed by atoms with Crippen LogP contribution in [0.3, 0.4) is 0 Å². The first-order chi connectivity index (χ1) is 17.6. The highest BCUT2D eigenvalue weighted by Crippen LogP contribution is 2.48. The third-order valence-corrected chi connectivity index (χ3v) is 7.77. The van der Waals surface area contributed by atoms with Crippen LogP contribution in [0.25, 0.3) is 0 Å². The van der Waals surface area contributed by atoms with Gasteiger partial charge in [-0.1, -0.05) is 73.0 Å². The molecule has 0 unspecified atom stereocenters. The number of rotatable bonds is 13. The Morgan fingerprint density at radius 3 is 1.87 bits per heavy atom. The van der Waals surface area contributed by atoms with Crippen LogP contribution in [-0.4, -0.2) is 22.2 Å². The normalized spacial score (nSPS) is 18.9. The number of allylic oxidation sites excluding steroid dienone is 4. The maximum atomic E-state index is 11.1. The van der Waals surface area contributed by atoms with Gasteiger partial charge in [0.15, 0.2) is 0 Å². The van der Waals surface area contributed by atoms with E-state index in [1.807, 2.05) is 32.9 Å². The number of nitrogens with zero attached hydrogens (tertiary/aromatic N) is 1. The molecule has 1 N–H and O–H groups in total. The molecular weight excluding hydrogens is 466 g/mol. The third kappa shape index (κ3) is 17.9. The first-order valence-corrected chi connectivity index (χ1v) is 15.4. The van der Waals surface area contributed by atoms with Crippen molar-refractivity contribution in [1.29, 1.82) is 0 Å². The van der Waals surface area contributed by atoms with E-state index in [0.29, 0.717) is 11.2 Å². The topological polar surface area (TPSA) is 49.7 Å². The molecule has 0 saturated heterocycles. The summed E-state index contributed by atoms with van der Waals surface area (Å²) in [5.41, 5.74) is 4.68. The molecule has 3 nitrogen and oxygen atoms in total. The molecule has 0 spiro atoms. The van der Waals surface area contributed by atoms with Gasteiger partial charge in [-0.25, -0.2) is 0 Å². The van der Waals surface area contributed by atoms with Crippen LogP contribution < -0.4 is 0 Å². The number of hydrogen-bond acceptors (Lipinski definition) is 3. The highest BCUT2D eigenvalue weighted by atomic mass is 16.3. The van der Waals surface area contributed by atoms with Crippen LogP contribution >= 0.6 is 0 Å². The van der Waals surface area contributed by atoms with Gasteiger partial charge in [-0.3, -0.25) is 9.79 Å². The van der Waals surface area contributed by atoms with E-state index in [2.05, 4.69) is 61.5 Å². The predicted molar refractivity (Wildman–Crippen MR) is 169 cm³/mol. The Bertz CT molecular complexity index is 807. The summed E-state index contributed by atoms with van der Waals surface area (Å²) in [7, 11) is 0. The van der Waals surface area contributed by atoms with Gasteiger partial charge in [0.1, 0.15) is 5.78 Å². The molecular formula is C35H63NO2. The van der Waals surface area contributed by atoms with E-state index in [9.17, 15) is 9.90 Å². The fraction of sp³-hybridized carbons (Fsp3) is 0.771. The molecule has 0 radical (unpaired) electrons. The standard InChI is InChI=1S/C20H35NO.C9H16O.C6H12/c1-8-10-12-16(3)19(21-18(5)13-11-9-2)15-14-17(4)20(6,7)22;1-3-4-8(10)7-9(2)5-6-9;1-6(2)4-3-5-6/h12,14-15,22H,8-11,13H2,1-7H3;3-7H2,1-2H3;3-5H2,1-2H3/b16-12+,17-14+,19-15+,21-18?;;. The van der Waals surface area contributed by atoms with Crippen LogP contribution in [-0.2, 0) is 4.79 Å². The summed E-state index contributed by atoms with van der Waals surface area (Å²) in [6.07, 6.45) is 21.4. The Morgan fingerprint density at radius 2 is 1.47 bits per heavy atom. The lowest BCUT2D eigenvalue weighted by Gasteiger charge is -2.33. The van der Waals surface area contributed by atoms with E-state index in [-0.39, 0.29) is 0 Å². The molecule has 220 valence electrons. The summed E-state index contributed by atoms with van der Waals surface area (Å²) in [6.45, 7) is 23.1. The van der Waals surface area contributed by atoms with E-state index in [4.69, 9.17) is 4.99 Å². The van der Waals surface area contributed by atoms with Crippen molar-refractivity contribution in [1.82, 2.24) is 0 Å². The number of aliphatic imine (C=N–C) groups is 1. The van der Waals surface area contributed by atoms with E-state index in [0.717, 1.165) is 55.2 Å². The summed E-state index contributed by atoms with van der Waals surface area (Å²) < 4.78 is 0. The monoisotopic (exact) mass is 529 g/mol. The molecule has 2 fully saturated rings. The quantitative estimate of drug-likeness (QED) is 0.190. The average molecular weight is 530 g/mol. The molecule has 0 atom stereocenters. The largest absolute Gasteiger partial charge is 0.386 e. The number of carbonyl (C=O) groups excluding carboxylic acids is 1. The molecule has 0 heterocycles. The first kappa shape index (κ1) is 36.5. The molecule has 0 aromatic rings. The van der Waals surface area contributed by atoms with E-state index in [1.54, 1.807) is 0 Å². The zero-order chi connectivity index (χ0) is 29.4. The molecule has 2 saturated carbocycles. The zero-order valence-corrected chi connectivity index (χ0v) is 27.2. The van der Waals surface area contributed by atoms with Gasteiger partial charge in [0.25, 0.3) is 0 Å². The molecule has 0 amide bonds. The van der Waals surface area contributed by atoms with Gasteiger partial charge < -0.3 is 5.11 Å². The van der Waals surface area contributed by atoms with Crippen molar-refractivity contribution in [2.75, 3.05) is 0 Å². The van der Waals surface area contributed by atoms with Crippen molar-refractivity contribution in [3.63, 3.8) is 0 Å². The Morgan fingerprint density at radius 1 is 0.895 bits per heavy atom. The highest BCUT2D eigenvalue weighted by molar-refractivity contribution is 5.83. The van der Waals surface area contributed by atoms with Gasteiger partial charge in [-0.2, -0.15) is 0 Å². The first-order valence-electron chi connectivity index (χ1n) is 15.4. The summed E-state index contributed by atoms with van der Waals surface area (Å²) in [5.74, 6) is 0.461. The minimum atomic E-state index is -0.788. The van der Waals surface area contributed by atoms with Crippen LogP contribution in [0.2, 0.25) is 0 Å². The minimum Gasteiger partial charge on any atom is -0.386 e. The Kier molecular flexibility index (Phi) is 17.3. The third-order valence-electron chi connectivity index (χ3n) is 7.77. The average Bonchev–Trinajstić information content (AvgIpc) is 3.54. The van der Waals surface area contributed by atoms with Crippen molar-refractivity contribution in [2.45, 2.75) is 165 Å². The summed E-state index contributed by atoms with van der Waals surface area (Å²) in [6, 6.07) is 0. The summed E-state index contributed by atoms with van der Waals surface area (Å²) in [5, 5.41) is 10.0. The fourth-order valence-electron chi connectivity index (χ4n) is 3.94. The molecule has 38 heavy (non-hydrogen) atoms. The number of hydrogen-bond donors (Lipinski definition) is 1. The number of aliphatic hydroxyl groups is 1. The van der Waals surface area contributed by atoms with Crippen molar-refractivity contribution in [2.24, 2.45) is 15.8 Å². The maximum absolute atomic E-state index is 11.1. The van der Waals surface area contributed by atoms with Gasteiger partial charge in [0, 0.05) is 18.6 Å². The van der Waals surface area contributed by atoms with Crippen molar-refractivity contribution in [3.8, 4) is 0 Å². The fourth-order valence-corrected chi connectivity index (χ4v) is 3.94. The second-order valence-electron chi connectivity index (χ2n) is 13.4. The Hall–Kier alpha value is -1.48. The molecule has 2 rings (SSSR count).